The molecule has 1 aromatic rings. The molecule has 16 heavy (non-hydrogen) atoms. The lowest BCUT2D eigenvalue weighted by molar-refractivity contribution is 0.0951. The summed E-state index contributed by atoms with van der Waals surface area (Å²) in [4.78, 5) is 26.8. The van der Waals surface area contributed by atoms with Crippen molar-refractivity contribution in [2.45, 2.75) is 32.2 Å². The lowest BCUT2D eigenvalue weighted by atomic mass is 10.2. The summed E-state index contributed by atoms with van der Waals surface area (Å²) in [6.45, 7) is 0.799. The van der Waals surface area contributed by atoms with Gasteiger partial charge in [0.05, 0.1) is 0 Å². The molecule has 0 bridgehead atoms. The Bertz CT molecular complexity index is 466. The molecule has 0 aliphatic carbocycles. The first kappa shape index (κ1) is 10.8. The fraction of sp³-hybridized carbons (Fsp3) is 0.500. The number of hydrogen-bond acceptors (Lipinski definition) is 4. The van der Waals surface area contributed by atoms with Crippen LogP contribution in [0, 0.1) is 0 Å². The molecular weight excluding hydrogens is 208 g/mol. The van der Waals surface area contributed by atoms with Crippen LogP contribution in [-0.4, -0.2) is 15.5 Å². The molecule has 1 aromatic heterocycles. The highest BCUT2D eigenvalue weighted by atomic mass is 16.2. The third-order valence-electron chi connectivity index (χ3n) is 2.75. The van der Waals surface area contributed by atoms with Crippen molar-refractivity contribution in [1.29, 1.82) is 0 Å². The summed E-state index contributed by atoms with van der Waals surface area (Å²) < 4.78 is 1.87. The molecule has 0 fully saturated rings. The second-order valence-electron chi connectivity index (χ2n) is 3.85. The van der Waals surface area contributed by atoms with Gasteiger partial charge in [0.25, 0.3) is 11.5 Å². The molecule has 6 nitrogen and oxygen atoms in total. The summed E-state index contributed by atoms with van der Waals surface area (Å²) >= 11 is 0. The minimum atomic E-state index is -0.586. The molecule has 0 radical (unpaired) electrons. The summed E-state index contributed by atoms with van der Waals surface area (Å²) in [5.74, 6) is 5.18. The van der Waals surface area contributed by atoms with Crippen molar-refractivity contribution in [2.24, 2.45) is 5.84 Å². The van der Waals surface area contributed by atoms with Gasteiger partial charge in [-0.3, -0.25) is 15.0 Å². The SMILES string of the molecule is NNC(=O)c1cn2c(nc1=O)CCCCC2. The van der Waals surface area contributed by atoms with Crippen molar-refractivity contribution in [2.75, 3.05) is 0 Å². The average Bonchev–Trinajstić information content (AvgIpc) is 2.51. The van der Waals surface area contributed by atoms with E-state index >= 15 is 0 Å². The van der Waals surface area contributed by atoms with Crippen LogP contribution in [0.1, 0.15) is 35.4 Å². The molecule has 1 aliphatic heterocycles. The van der Waals surface area contributed by atoms with Crippen LogP contribution in [0.5, 0.6) is 0 Å². The highest BCUT2D eigenvalue weighted by Gasteiger charge is 2.15. The van der Waals surface area contributed by atoms with Crippen molar-refractivity contribution >= 4 is 5.91 Å². The Morgan fingerprint density at radius 2 is 2.25 bits per heavy atom. The van der Waals surface area contributed by atoms with Crippen LogP contribution in [0.25, 0.3) is 0 Å². The highest BCUT2D eigenvalue weighted by molar-refractivity contribution is 5.93. The Kier molecular flexibility index (Phi) is 3.00. The Labute approximate surface area is 92.4 Å². The van der Waals surface area contributed by atoms with E-state index in [-0.39, 0.29) is 5.56 Å². The van der Waals surface area contributed by atoms with E-state index in [9.17, 15) is 9.59 Å². The molecule has 0 saturated heterocycles. The molecule has 0 atom stereocenters. The first-order valence-electron chi connectivity index (χ1n) is 5.33. The second kappa shape index (κ2) is 4.44. The van der Waals surface area contributed by atoms with Crippen LogP contribution in [0.2, 0.25) is 0 Å². The largest absolute Gasteiger partial charge is 0.335 e. The van der Waals surface area contributed by atoms with Crippen LogP contribution >= 0.6 is 0 Å². The van der Waals surface area contributed by atoms with Crippen LogP contribution < -0.4 is 16.8 Å². The van der Waals surface area contributed by atoms with Crippen LogP contribution in [0.3, 0.4) is 0 Å². The van der Waals surface area contributed by atoms with Crippen molar-refractivity contribution < 1.29 is 4.79 Å². The minimum absolute atomic E-state index is 0.00755. The quantitative estimate of drug-likeness (QED) is 0.383. The Hall–Kier alpha value is -1.69. The predicted octanol–water partition coefficient (Wildman–Crippen LogP) is -0.427. The van der Waals surface area contributed by atoms with E-state index in [1.807, 2.05) is 9.99 Å². The number of aromatic nitrogens is 2. The zero-order valence-corrected chi connectivity index (χ0v) is 8.90. The third-order valence-corrected chi connectivity index (χ3v) is 2.75. The number of nitrogen functional groups attached to an aromatic ring is 1. The van der Waals surface area contributed by atoms with Gasteiger partial charge in [-0.2, -0.15) is 4.98 Å². The van der Waals surface area contributed by atoms with E-state index in [0.29, 0.717) is 0 Å². The van der Waals surface area contributed by atoms with E-state index in [2.05, 4.69) is 4.98 Å². The van der Waals surface area contributed by atoms with Gasteiger partial charge in [0.15, 0.2) is 0 Å². The number of rotatable bonds is 1. The molecule has 1 amide bonds. The fourth-order valence-corrected chi connectivity index (χ4v) is 1.90. The zero-order valence-electron chi connectivity index (χ0n) is 8.90. The van der Waals surface area contributed by atoms with Crippen LogP contribution in [0.15, 0.2) is 11.0 Å². The number of aryl methyl sites for hydroxylation is 2. The first-order chi connectivity index (χ1) is 7.72. The summed E-state index contributed by atoms with van der Waals surface area (Å²) in [7, 11) is 0. The molecule has 0 aromatic carbocycles. The third kappa shape index (κ3) is 1.96. The van der Waals surface area contributed by atoms with E-state index < -0.39 is 11.5 Å². The normalized spacial score (nSPS) is 15.1. The van der Waals surface area contributed by atoms with Crippen molar-refractivity contribution in [3.05, 3.63) is 27.9 Å². The number of carbonyl (C=O) groups excluding carboxylic acids is 1. The van der Waals surface area contributed by atoms with Crippen LogP contribution in [0.4, 0.5) is 0 Å². The maximum atomic E-state index is 11.6. The number of fused-ring (bicyclic) bond motifs is 1. The number of nitrogens with one attached hydrogen (secondary N) is 1. The van der Waals surface area contributed by atoms with Gasteiger partial charge in [-0.15, -0.1) is 0 Å². The Morgan fingerprint density at radius 3 is 3.00 bits per heavy atom. The second-order valence-corrected chi connectivity index (χ2v) is 3.85. The minimum Gasteiger partial charge on any atom is -0.335 e. The standard InChI is InChI=1S/C10H14N4O2/c11-13-10(16)7-6-14-5-3-1-2-4-8(14)12-9(7)15/h6H,1-5,11H2,(H,13,16). The van der Waals surface area contributed by atoms with Crippen molar-refractivity contribution in [1.82, 2.24) is 15.0 Å². The van der Waals surface area contributed by atoms with Gasteiger partial charge in [-0.05, 0) is 12.8 Å². The van der Waals surface area contributed by atoms with Gasteiger partial charge >= 0.3 is 0 Å². The number of carbonyl (C=O) groups is 1. The Balaban J connectivity index is 2.47. The van der Waals surface area contributed by atoms with Gasteiger partial charge in [-0.1, -0.05) is 6.42 Å². The van der Waals surface area contributed by atoms with Gasteiger partial charge in [0.2, 0.25) is 0 Å². The van der Waals surface area contributed by atoms with Gasteiger partial charge in [0, 0.05) is 19.2 Å². The topological polar surface area (TPSA) is 90.0 Å². The molecule has 2 heterocycles. The molecule has 1 aliphatic rings. The highest BCUT2D eigenvalue weighted by Crippen LogP contribution is 2.11. The molecule has 0 unspecified atom stereocenters. The number of hydrazine groups is 1. The van der Waals surface area contributed by atoms with Crippen LogP contribution in [-0.2, 0) is 13.0 Å². The van der Waals surface area contributed by atoms with Crippen molar-refractivity contribution in [3.63, 3.8) is 0 Å². The predicted molar refractivity (Wildman–Crippen MR) is 57.7 cm³/mol. The maximum absolute atomic E-state index is 11.6. The van der Waals surface area contributed by atoms with E-state index in [4.69, 9.17) is 5.84 Å². The molecule has 6 heteroatoms. The summed E-state index contributed by atoms with van der Waals surface area (Å²) in [5.41, 5.74) is 1.46. The Morgan fingerprint density at radius 1 is 1.44 bits per heavy atom. The maximum Gasteiger partial charge on any atom is 0.285 e. The number of hydrogen-bond donors (Lipinski definition) is 2. The number of nitrogens with two attached hydrogens (primary N) is 1. The monoisotopic (exact) mass is 222 g/mol. The summed E-state index contributed by atoms with van der Waals surface area (Å²) in [6.07, 6.45) is 5.55. The number of nitrogens with zero attached hydrogens (tertiary/aromatic N) is 2. The molecule has 86 valence electrons. The van der Waals surface area contributed by atoms with E-state index in [1.165, 1.54) is 0 Å². The van der Waals surface area contributed by atoms with E-state index in [1.54, 1.807) is 6.20 Å². The smallest absolute Gasteiger partial charge is 0.285 e. The summed E-state index contributed by atoms with van der Waals surface area (Å²) in [5, 5.41) is 0. The molecule has 0 spiro atoms. The fourth-order valence-electron chi connectivity index (χ4n) is 1.90. The average molecular weight is 222 g/mol. The number of amides is 1. The molecule has 3 N–H and O–H groups in total. The first-order valence-corrected chi connectivity index (χ1v) is 5.33. The molecular formula is C10H14N4O2. The molecule has 0 saturated carbocycles. The lowest BCUT2D eigenvalue weighted by Crippen LogP contribution is -2.35. The summed E-state index contributed by atoms with van der Waals surface area (Å²) in [6, 6.07) is 0. The van der Waals surface area contributed by atoms with Gasteiger partial charge < -0.3 is 4.57 Å². The zero-order chi connectivity index (χ0) is 11.5. The molecule has 2 rings (SSSR count). The van der Waals surface area contributed by atoms with Gasteiger partial charge in [-0.25, -0.2) is 5.84 Å². The van der Waals surface area contributed by atoms with E-state index in [0.717, 1.165) is 38.1 Å². The van der Waals surface area contributed by atoms with Crippen molar-refractivity contribution in [3.8, 4) is 0 Å². The lowest BCUT2D eigenvalue weighted by Gasteiger charge is -2.09. The van der Waals surface area contributed by atoms with Gasteiger partial charge in [0.1, 0.15) is 11.4 Å².